The number of thiol groups is 1. The molecule has 17 heavy (non-hydrogen) atoms. The zero-order valence-corrected chi connectivity index (χ0v) is 12.1. The van der Waals surface area contributed by atoms with Crippen LogP contribution in [0.15, 0.2) is 23.1 Å². The molecule has 0 unspecified atom stereocenters. The molecule has 1 amide bonds. The first kappa shape index (κ1) is 14.1. The molecule has 0 aromatic heterocycles. The van der Waals surface area contributed by atoms with E-state index in [-0.39, 0.29) is 11.4 Å². The highest BCUT2D eigenvalue weighted by Gasteiger charge is 2.27. The van der Waals surface area contributed by atoms with Crippen molar-refractivity contribution in [2.24, 2.45) is 0 Å². The van der Waals surface area contributed by atoms with E-state index >= 15 is 0 Å². The molecule has 3 heteroatoms. The second kappa shape index (κ2) is 5.13. The van der Waals surface area contributed by atoms with Gasteiger partial charge >= 0.3 is 0 Å². The highest BCUT2D eigenvalue weighted by atomic mass is 32.1. The van der Waals surface area contributed by atoms with Crippen LogP contribution < -0.4 is 0 Å². The quantitative estimate of drug-likeness (QED) is 0.815. The summed E-state index contributed by atoms with van der Waals surface area (Å²) in [7, 11) is 1.86. The molecule has 1 aromatic carbocycles. The number of hydrogen-bond acceptors (Lipinski definition) is 2. The number of benzene rings is 1. The summed E-state index contributed by atoms with van der Waals surface area (Å²) >= 11 is 4.29. The van der Waals surface area contributed by atoms with Crippen LogP contribution in [0.1, 0.15) is 43.1 Å². The molecule has 0 N–H and O–H groups in total. The van der Waals surface area contributed by atoms with Gasteiger partial charge in [-0.15, -0.1) is 12.6 Å². The number of nitrogens with zero attached hydrogens (tertiary/aromatic N) is 1. The van der Waals surface area contributed by atoms with Crippen LogP contribution in [0.25, 0.3) is 0 Å². The molecule has 0 bridgehead atoms. The third-order valence-corrected chi connectivity index (χ3v) is 3.81. The fourth-order valence-corrected chi connectivity index (χ4v) is 1.74. The van der Waals surface area contributed by atoms with Gasteiger partial charge in [0.05, 0.1) is 0 Å². The SMILES string of the molecule is CCC(C)(C)N(C)C(=O)c1cc(S)ccc1C. The van der Waals surface area contributed by atoms with Crippen LogP contribution in [-0.4, -0.2) is 23.4 Å². The normalized spacial score (nSPS) is 11.4. The molecule has 0 aliphatic carbocycles. The Morgan fingerprint density at radius 3 is 2.53 bits per heavy atom. The van der Waals surface area contributed by atoms with Crippen molar-refractivity contribution < 1.29 is 4.79 Å². The smallest absolute Gasteiger partial charge is 0.254 e. The van der Waals surface area contributed by atoms with E-state index < -0.39 is 0 Å². The van der Waals surface area contributed by atoms with E-state index in [0.29, 0.717) is 0 Å². The summed E-state index contributed by atoms with van der Waals surface area (Å²) in [4.78, 5) is 15.0. The lowest BCUT2D eigenvalue weighted by Crippen LogP contribution is -2.44. The minimum Gasteiger partial charge on any atom is -0.337 e. The lowest BCUT2D eigenvalue weighted by molar-refractivity contribution is 0.0619. The summed E-state index contributed by atoms with van der Waals surface area (Å²) < 4.78 is 0. The molecule has 0 atom stereocenters. The third-order valence-electron chi connectivity index (χ3n) is 3.53. The van der Waals surface area contributed by atoms with Crippen LogP contribution in [0.2, 0.25) is 0 Å². The van der Waals surface area contributed by atoms with Crippen LogP contribution in [-0.2, 0) is 0 Å². The number of carbonyl (C=O) groups is 1. The Hall–Kier alpha value is -0.960. The van der Waals surface area contributed by atoms with Crippen molar-refractivity contribution in [2.75, 3.05) is 7.05 Å². The Bertz CT molecular complexity index is 426. The van der Waals surface area contributed by atoms with Crippen molar-refractivity contribution >= 4 is 18.5 Å². The first-order valence-electron chi connectivity index (χ1n) is 5.87. The fourth-order valence-electron chi connectivity index (χ4n) is 1.53. The van der Waals surface area contributed by atoms with Crippen LogP contribution in [0, 0.1) is 6.92 Å². The highest BCUT2D eigenvalue weighted by Crippen LogP contribution is 2.22. The van der Waals surface area contributed by atoms with Gasteiger partial charge in [-0.1, -0.05) is 13.0 Å². The predicted octanol–water partition coefficient (Wildman–Crippen LogP) is 3.54. The van der Waals surface area contributed by atoms with E-state index in [1.165, 1.54) is 0 Å². The lowest BCUT2D eigenvalue weighted by Gasteiger charge is -2.35. The molecule has 0 aliphatic rings. The van der Waals surface area contributed by atoms with Gasteiger partial charge in [0, 0.05) is 23.0 Å². The Labute approximate surface area is 109 Å². The molecule has 0 spiro atoms. The van der Waals surface area contributed by atoms with Crippen LogP contribution in [0.3, 0.4) is 0 Å². The molecule has 0 fully saturated rings. The summed E-state index contributed by atoms with van der Waals surface area (Å²) in [6.45, 7) is 8.19. The van der Waals surface area contributed by atoms with Crippen molar-refractivity contribution in [2.45, 2.75) is 44.6 Å². The number of carbonyl (C=O) groups excluding carboxylic acids is 1. The molecule has 0 heterocycles. The van der Waals surface area contributed by atoms with Crippen molar-refractivity contribution in [1.82, 2.24) is 4.90 Å². The van der Waals surface area contributed by atoms with E-state index in [1.807, 2.05) is 37.1 Å². The zero-order valence-electron chi connectivity index (χ0n) is 11.2. The molecular formula is C14H21NOS. The van der Waals surface area contributed by atoms with E-state index in [1.54, 1.807) is 0 Å². The fraction of sp³-hybridized carbons (Fsp3) is 0.500. The predicted molar refractivity (Wildman–Crippen MR) is 74.9 cm³/mol. The van der Waals surface area contributed by atoms with Crippen molar-refractivity contribution in [3.05, 3.63) is 29.3 Å². The van der Waals surface area contributed by atoms with Crippen LogP contribution >= 0.6 is 12.6 Å². The second-order valence-corrected chi connectivity index (χ2v) is 5.55. The molecule has 0 saturated heterocycles. The topological polar surface area (TPSA) is 20.3 Å². The molecule has 1 aromatic rings. The first-order valence-corrected chi connectivity index (χ1v) is 6.32. The Balaban J connectivity index is 3.08. The minimum atomic E-state index is -0.129. The zero-order chi connectivity index (χ0) is 13.2. The average Bonchev–Trinajstić information content (AvgIpc) is 2.30. The Morgan fingerprint density at radius 1 is 1.41 bits per heavy atom. The first-order chi connectivity index (χ1) is 7.79. The van der Waals surface area contributed by atoms with Gasteiger partial charge in [0.25, 0.3) is 5.91 Å². The molecule has 0 aliphatic heterocycles. The minimum absolute atomic E-state index is 0.0604. The van der Waals surface area contributed by atoms with E-state index in [2.05, 4.69) is 33.4 Å². The van der Waals surface area contributed by atoms with E-state index in [0.717, 1.165) is 22.4 Å². The van der Waals surface area contributed by atoms with Gasteiger partial charge < -0.3 is 4.90 Å². The van der Waals surface area contributed by atoms with Crippen LogP contribution in [0.4, 0.5) is 0 Å². The number of rotatable bonds is 3. The third kappa shape index (κ3) is 3.03. The number of hydrogen-bond donors (Lipinski definition) is 1. The molecular weight excluding hydrogens is 230 g/mol. The van der Waals surface area contributed by atoms with Gasteiger partial charge in [0.1, 0.15) is 0 Å². The van der Waals surface area contributed by atoms with Gasteiger partial charge in [-0.25, -0.2) is 0 Å². The molecule has 0 saturated carbocycles. The highest BCUT2D eigenvalue weighted by molar-refractivity contribution is 7.80. The van der Waals surface area contributed by atoms with Crippen molar-refractivity contribution in [1.29, 1.82) is 0 Å². The lowest BCUT2D eigenvalue weighted by atomic mass is 9.98. The summed E-state index contributed by atoms with van der Waals surface area (Å²) in [6.07, 6.45) is 0.925. The maximum atomic E-state index is 12.4. The van der Waals surface area contributed by atoms with Crippen LogP contribution in [0.5, 0.6) is 0 Å². The molecule has 2 nitrogen and oxygen atoms in total. The maximum Gasteiger partial charge on any atom is 0.254 e. The monoisotopic (exact) mass is 251 g/mol. The van der Waals surface area contributed by atoms with Crippen molar-refractivity contribution in [3.63, 3.8) is 0 Å². The average molecular weight is 251 g/mol. The number of aryl methyl sites for hydroxylation is 1. The maximum absolute atomic E-state index is 12.4. The summed E-state index contributed by atoms with van der Waals surface area (Å²) in [5.74, 6) is 0.0604. The van der Waals surface area contributed by atoms with Gasteiger partial charge in [0.2, 0.25) is 0 Å². The summed E-state index contributed by atoms with van der Waals surface area (Å²) in [5.41, 5.74) is 1.60. The second-order valence-electron chi connectivity index (χ2n) is 5.03. The Kier molecular flexibility index (Phi) is 4.26. The number of amides is 1. The summed E-state index contributed by atoms with van der Waals surface area (Å²) in [6, 6.07) is 5.67. The van der Waals surface area contributed by atoms with Gasteiger partial charge in [0.15, 0.2) is 0 Å². The van der Waals surface area contributed by atoms with E-state index in [9.17, 15) is 4.79 Å². The molecule has 1 rings (SSSR count). The van der Waals surface area contributed by atoms with E-state index in [4.69, 9.17) is 0 Å². The standard InChI is InChI=1S/C14H21NOS/c1-6-14(3,4)15(5)13(16)12-9-11(17)8-7-10(12)2/h7-9,17H,6H2,1-5H3. The van der Waals surface area contributed by atoms with Crippen molar-refractivity contribution in [3.8, 4) is 0 Å². The largest absolute Gasteiger partial charge is 0.337 e. The molecule has 94 valence electrons. The summed E-state index contributed by atoms with van der Waals surface area (Å²) in [5, 5.41) is 0. The molecule has 0 radical (unpaired) electrons. The van der Waals surface area contributed by atoms with Gasteiger partial charge in [-0.05, 0) is 44.9 Å². The van der Waals surface area contributed by atoms with Gasteiger partial charge in [-0.3, -0.25) is 4.79 Å². The van der Waals surface area contributed by atoms with Gasteiger partial charge in [-0.2, -0.15) is 0 Å². The Morgan fingerprint density at radius 2 is 2.00 bits per heavy atom.